The van der Waals surface area contributed by atoms with Crippen LogP contribution < -0.4 is 10.1 Å². The molecule has 0 saturated heterocycles. The maximum absolute atomic E-state index is 14.1. The molecule has 1 unspecified atom stereocenters. The van der Waals surface area contributed by atoms with Gasteiger partial charge in [0.05, 0.1) is 13.2 Å². The van der Waals surface area contributed by atoms with Gasteiger partial charge < -0.3 is 10.1 Å². The van der Waals surface area contributed by atoms with E-state index in [9.17, 15) is 17.6 Å². The lowest BCUT2D eigenvalue weighted by Crippen LogP contribution is -2.22. The molecule has 1 atom stereocenters. The van der Waals surface area contributed by atoms with E-state index in [1.165, 1.54) is 26.3 Å². The second-order valence-electron chi connectivity index (χ2n) is 4.39. The highest BCUT2D eigenvalue weighted by Gasteiger charge is 2.24. The molecule has 2 nitrogen and oxygen atoms in total. The summed E-state index contributed by atoms with van der Waals surface area (Å²) in [5.74, 6) is -3.59. The molecule has 0 amide bonds. The van der Waals surface area contributed by atoms with Crippen molar-refractivity contribution >= 4 is 0 Å². The van der Waals surface area contributed by atoms with Gasteiger partial charge in [0.2, 0.25) is 0 Å². The lowest BCUT2D eigenvalue weighted by Gasteiger charge is -2.19. The summed E-state index contributed by atoms with van der Waals surface area (Å²) in [5, 5.41) is 2.63. The van der Waals surface area contributed by atoms with Crippen LogP contribution in [0.3, 0.4) is 0 Å². The van der Waals surface area contributed by atoms with Gasteiger partial charge in [-0.15, -0.1) is 0 Å². The second kappa shape index (κ2) is 6.13. The first-order valence-corrected chi connectivity index (χ1v) is 6.13. The van der Waals surface area contributed by atoms with E-state index in [1.807, 2.05) is 0 Å². The highest BCUT2D eigenvalue weighted by Crippen LogP contribution is 2.30. The molecule has 112 valence electrons. The van der Waals surface area contributed by atoms with Crippen molar-refractivity contribution in [3.8, 4) is 5.75 Å². The molecule has 0 heterocycles. The highest BCUT2D eigenvalue weighted by molar-refractivity contribution is 5.38. The van der Waals surface area contributed by atoms with Crippen LogP contribution in [0, 0.1) is 23.3 Å². The number of methoxy groups -OCH3 is 1. The summed E-state index contributed by atoms with van der Waals surface area (Å²) in [5.41, 5.74) is -0.411. The summed E-state index contributed by atoms with van der Waals surface area (Å²) >= 11 is 0. The van der Waals surface area contributed by atoms with Crippen molar-refractivity contribution in [1.29, 1.82) is 0 Å². The molecule has 0 spiro atoms. The van der Waals surface area contributed by atoms with E-state index in [1.54, 1.807) is 0 Å². The van der Waals surface area contributed by atoms with Crippen molar-refractivity contribution in [2.75, 3.05) is 14.2 Å². The maximum Gasteiger partial charge on any atom is 0.134 e. The molecule has 0 aliphatic carbocycles. The summed E-state index contributed by atoms with van der Waals surface area (Å²) in [7, 11) is 2.81. The van der Waals surface area contributed by atoms with E-state index in [2.05, 4.69) is 5.32 Å². The number of ether oxygens (including phenoxy) is 1. The van der Waals surface area contributed by atoms with Crippen LogP contribution in [0.1, 0.15) is 17.2 Å². The van der Waals surface area contributed by atoms with Gasteiger partial charge in [-0.3, -0.25) is 0 Å². The number of rotatable bonds is 4. The quantitative estimate of drug-likeness (QED) is 0.872. The lowest BCUT2D eigenvalue weighted by atomic mass is 9.97. The predicted octanol–water partition coefficient (Wildman–Crippen LogP) is 3.56. The standard InChI is InChI=1S/C15H13F4NO/c1-20-15(10-4-3-9(21-2)7-11(10)17)14-12(18)5-8(16)6-13(14)19/h3-7,15,20H,1-2H3. The van der Waals surface area contributed by atoms with E-state index in [-0.39, 0.29) is 11.3 Å². The molecule has 2 rings (SSSR count). The van der Waals surface area contributed by atoms with E-state index < -0.39 is 34.9 Å². The third kappa shape index (κ3) is 3.00. The van der Waals surface area contributed by atoms with Crippen LogP contribution in [0.4, 0.5) is 17.6 Å². The van der Waals surface area contributed by atoms with Gasteiger partial charge >= 0.3 is 0 Å². The summed E-state index contributed by atoms with van der Waals surface area (Å²) in [6.45, 7) is 0. The minimum absolute atomic E-state index is 0.0303. The zero-order chi connectivity index (χ0) is 15.6. The highest BCUT2D eigenvalue weighted by atomic mass is 19.1. The normalized spacial score (nSPS) is 12.3. The van der Waals surface area contributed by atoms with Crippen molar-refractivity contribution in [2.45, 2.75) is 6.04 Å². The molecule has 1 N–H and O–H groups in total. The first-order valence-electron chi connectivity index (χ1n) is 6.13. The first-order chi connectivity index (χ1) is 9.97. The fraction of sp³-hybridized carbons (Fsp3) is 0.200. The van der Waals surface area contributed by atoms with Gasteiger partial charge in [0.1, 0.15) is 29.0 Å². The van der Waals surface area contributed by atoms with Crippen LogP contribution in [0.25, 0.3) is 0 Å². The zero-order valence-electron chi connectivity index (χ0n) is 11.4. The van der Waals surface area contributed by atoms with E-state index in [0.29, 0.717) is 12.1 Å². The van der Waals surface area contributed by atoms with Gasteiger partial charge in [0, 0.05) is 29.3 Å². The lowest BCUT2D eigenvalue weighted by molar-refractivity contribution is 0.409. The monoisotopic (exact) mass is 299 g/mol. The zero-order valence-corrected chi connectivity index (χ0v) is 11.4. The molecular weight excluding hydrogens is 286 g/mol. The molecule has 0 aliphatic heterocycles. The van der Waals surface area contributed by atoms with Gasteiger partial charge in [-0.1, -0.05) is 6.07 Å². The van der Waals surface area contributed by atoms with Crippen LogP contribution in [0.15, 0.2) is 30.3 Å². The van der Waals surface area contributed by atoms with Crippen LogP contribution in [0.2, 0.25) is 0 Å². The van der Waals surface area contributed by atoms with Crippen LogP contribution in [0.5, 0.6) is 5.75 Å². The minimum atomic E-state index is -1.09. The van der Waals surface area contributed by atoms with Crippen molar-refractivity contribution in [3.05, 3.63) is 64.7 Å². The van der Waals surface area contributed by atoms with E-state index in [4.69, 9.17) is 4.74 Å². The summed E-state index contributed by atoms with van der Waals surface area (Å²) < 4.78 is 59.6. The first kappa shape index (κ1) is 15.3. The fourth-order valence-corrected chi connectivity index (χ4v) is 2.15. The Morgan fingerprint density at radius 3 is 2.05 bits per heavy atom. The Hall–Kier alpha value is -2.08. The predicted molar refractivity (Wildman–Crippen MR) is 70.2 cm³/mol. The van der Waals surface area contributed by atoms with Crippen molar-refractivity contribution in [1.82, 2.24) is 5.32 Å². The molecular formula is C15H13F4NO. The van der Waals surface area contributed by atoms with Crippen LogP contribution in [-0.2, 0) is 0 Å². The van der Waals surface area contributed by atoms with Gasteiger partial charge in [-0.25, -0.2) is 17.6 Å². The average Bonchev–Trinajstić information content (AvgIpc) is 2.43. The third-order valence-corrected chi connectivity index (χ3v) is 3.14. The Balaban J connectivity index is 2.55. The second-order valence-corrected chi connectivity index (χ2v) is 4.39. The summed E-state index contributed by atoms with van der Waals surface area (Å²) in [6, 6.07) is 3.98. The minimum Gasteiger partial charge on any atom is -0.497 e. The summed E-state index contributed by atoms with van der Waals surface area (Å²) in [6.07, 6.45) is 0. The SMILES string of the molecule is CNC(c1ccc(OC)cc1F)c1c(F)cc(F)cc1F. The topological polar surface area (TPSA) is 21.3 Å². The molecule has 0 aromatic heterocycles. The third-order valence-electron chi connectivity index (χ3n) is 3.14. The van der Waals surface area contributed by atoms with Crippen LogP contribution in [-0.4, -0.2) is 14.2 Å². The van der Waals surface area contributed by atoms with Crippen LogP contribution >= 0.6 is 0 Å². The van der Waals surface area contributed by atoms with Crippen molar-refractivity contribution in [3.63, 3.8) is 0 Å². The molecule has 0 saturated carbocycles. The molecule has 0 fully saturated rings. The van der Waals surface area contributed by atoms with Crippen molar-refractivity contribution in [2.24, 2.45) is 0 Å². The van der Waals surface area contributed by atoms with Gasteiger partial charge in [0.15, 0.2) is 0 Å². The molecule has 21 heavy (non-hydrogen) atoms. The average molecular weight is 299 g/mol. The Morgan fingerprint density at radius 1 is 0.952 bits per heavy atom. The molecule has 2 aromatic carbocycles. The number of hydrogen-bond donors (Lipinski definition) is 1. The number of nitrogens with one attached hydrogen (secondary N) is 1. The Bertz CT molecular complexity index is 637. The number of benzene rings is 2. The largest absolute Gasteiger partial charge is 0.497 e. The Morgan fingerprint density at radius 2 is 1.57 bits per heavy atom. The molecule has 6 heteroatoms. The van der Waals surface area contributed by atoms with Gasteiger partial charge in [0.25, 0.3) is 0 Å². The van der Waals surface area contributed by atoms with Crippen molar-refractivity contribution < 1.29 is 22.3 Å². The Labute approximate surface area is 119 Å². The van der Waals surface area contributed by atoms with Gasteiger partial charge in [-0.05, 0) is 13.1 Å². The number of halogens is 4. The number of hydrogen-bond acceptors (Lipinski definition) is 2. The van der Waals surface area contributed by atoms with E-state index >= 15 is 0 Å². The van der Waals surface area contributed by atoms with E-state index in [0.717, 1.165) is 6.07 Å². The molecule has 0 aliphatic rings. The summed E-state index contributed by atoms with van der Waals surface area (Å²) in [4.78, 5) is 0. The molecule has 2 aromatic rings. The maximum atomic E-state index is 14.1. The molecule has 0 radical (unpaired) electrons. The Kier molecular flexibility index (Phi) is 4.47. The fourth-order valence-electron chi connectivity index (χ4n) is 2.15. The van der Waals surface area contributed by atoms with Gasteiger partial charge in [-0.2, -0.15) is 0 Å². The smallest absolute Gasteiger partial charge is 0.134 e. The molecule has 0 bridgehead atoms.